The summed E-state index contributed by atoms with van der Waals surface area (Å²) in [5.41, 5.74) is 2.47. The zero-order valence-electron chi connectivity index (χ0n) is 19.4. The number of ether oxygens (including phenoxy) is 1. The fraction of sp³-hybridized carbons (Fsp3) is 0.538. The SMILES string of the molecule is CCCN(CC(=O)N1CCc2sccc2[C@H]1COc1ccc(C(C)C)cc1)C(=O)C1CC1. The summed E-state index contributed by atoms with van der Waals surface area (Å²) in [6, 6.07) is 10.2. The highest BCUT2D eigenvalue weighted by molar-refractivity contribution is 7.10. The molecule has 0 unspecified atom stereocenters. The van der Waals surface area contributed by atoms with E-state index in [4.69, 9.17) is 4.74 Å². The maximum atomic E-state index is 13.4. The van der Waals surface area contributed by atoms with Gasteiger partial charge in [0.2, 0.25) is 11.8 Å². The van der Waals surface area contributed by atoms with Crippen molar-refractivity contribution in [3.05, 3.63) is 51.7 Å². The number of carbonyl (C=O) groups excluding carboxylic acids is 2. The highest BCUT2D eigenvalue weighted by Gasteiger charge is 2.37. The Morgan fingerprint density at radius 2 is 1.94 bits per heavy atom. The Morgan fingerprint density at radius 3 is 2.59 bits per heavy atom. The van der Waals surface area contributed by atoms with Gasteiger partial charge in [0.25, 0.3) is 0 Å². The fourth-order valence-electron chi connectivity index (χ4n) is 4.38. The van der Waals surface area contributed by atoms with Crippen LogP contribution in [0.4, 0.5) is 0 Å². The molecular formula is C26H34N2O3S. The Hall–Kier alpha value is -2.34. The second-order valence-electron chi connectivity index (χ2n) is 9.22. The van der Waals surface area contributed by atoms with Gasteiger partial charge in [0.1, 0.15) is 12.4 Å². The van der Waals surface area contributed by atoms with Gasteiger partial charge >= 0.3 is 0 Å². The average molecular weight is 455 g/mol. The summed E-state index contributed by atoms with van der Waals surface area (Å²) in [5.74, 6) is 1.60. The van der Waals surface area contributed by atoms with Crippen molar-refractivity contribution in [1.29, 1.82) is 0 Å². The summed E-state index contributed by atoms with van der Waals surface area (Å²) in [7, 11) is 0. The third kappa shape index (κ3) is 5.17. The number of rotatable bonds is 9. The lowest BCUT2D eigenvalue weighted by molar-refractivity contribution is -0.143. The van der Waals surface area contributed by atoms with E-state index in [9.17, 15) is 9.59 Å². The number of fused-ring (bicyclic) bond motifs is 1. The lowest BCUT2D eigenvalue weighted by Crippen LogP contribution is -2.48. The van der Waals surface area contributed by atoms with Crippen molar-refractivity contribution >= 4 is 23.2 Å². The molecule has 2 amide bonds. The smallest absolute Gasteiger partial charge is 0.242 e. The first-order valence-electron chi connectivity index (χ1n) is 11.8. The first-order valence-corrected chi connectivity index (χ1v) is 12.7. The molecule has 1 aliphatic heterocycles. The maximum absolute atomic E-state index is 13.4. The first-order chi connectivity index (χ1) is 15.5. The van der Waals surface area contributed by atoms with Crippen LogP contribution in [0.3, 0.4) is 0 Å². The third-order valence-corrected chi connectivity index (χ3v) is 7.42. The molecule has 1 aromatic carbocycles. The zero-order chi connectivity index (χ0) is 22.7. The first kappa shape index (κ1) is 22.8. The Kier molecular flexibility index (Phi) is 7.19. The second kappa shape index (κ2) is 10.1. The van der Waals surface area contributed by atoms with Crippen LogP contribution in [0.1, 0.15) is 68.0 Å². The summed E-state index contributed by atoms with van der Waals surface area (Å²) in [6.45, 7) is 8.30. The molecule has 4 rings (SSSR count). The van der Waals surface area contributed by atoms with Crippen LogP contribution in [0.5, 0.6) is 5.75 Å². The lowest BCUT2D eigenvalue weighted by Gasteiger charge is -2.37. The number of benzene rings is 1. The maximum Gasteiger partial charge on any atom is 0.242 e. The minimum absolute atomic E-state index is 0.0213. The van der Waals surface area contributed by atoms with Gasteiger partial charge in [-0.3, -0.25) is 9.59 Å². The topological polar surface area (TPSA) is 49.9 Å². The highest BCUT2D eigenvalue weighted by Crippen LogP contribution is 2.35. The average Bonchev–Trinajstić information content (AvgIpc) is 3.53. The summed E-state index contributed by atoms with van der Waals surface area (Å²) in [6.07, 6.45) is 3.64. The van der Waals surface area contributed by atoms with Crippen molar-refractivity contribution in [3.8, 4) is 5.75 Å². The van der Waals surface area contributed by atoms with E-state index < -0.39 is 0 Å². The van der Waals surface area contributed by atoms with Crippen LogP contribution in [-0.4, -0.2) is 47.9 Å². The molecule has 1 aromatic heterocycles. The molecule has 32 heavy (non-hydrogen) atoms. The van der Waals surface area contributed by atoms with Gasteiger partial charge in [-0.05, 0) is 66.3 Å². The van der Waals surface area contributed by atoms with E-state index >= 15 is 0 Å². The van der Waals surface area contributed by atoms with Crippen LogP contribution in [0.25, 0.3) is 0 Å². The molecule has 1 fully saturated rings. The van der Waals surface area contributed by atoms with E-state index in [0.717, 1.165) is 31.4 Å². The zero-order valence-corrected chi connectivity index (χ0v) is 20.2. The molecule has 0 saturated heterocycles. The Morgan fingerprint density at radius 1 is 1.19 bits per heavy atom. The monoisotopic (exact) mass is 454 g/mol. The van der Waals surface area contributed by atoms with Crippen LogP contribution < -0.4 is 4.74 Å². The fourth-order valence-corrected chi connectivity index (χ4v) is 5.31. The molecule has 1 aliphatic carbocycles. The molecule has 0 bridgehead atoms. The third-order valence-electron chi connectivity index (χ3n) is 6.43. The molecule has 1 saturated carbocycles. The normalized spacial score (nSPS) is 17.9. The van der Waals surface area contributed by atoms with E-state index in [1.165, 1.54) is 16.0 Å². The molecule has 0 spiro atoms. The number of hydrogen-bond acceptors (Lipinski definition) is 4. The van der Waals surface area contributed by atoms with E-state index in [2.05, 4.69) is 44.4 Å². The summed E-state index contributed by atoms with van der Waals surface area (Å²) in [4.78, 5) is 31.1. The van der Waals surface area contributed by atoms with E-state index in [-0.39, 0.29) is 30.3 Å². The predicted molar refractivity (Wildman–Crippen MR) is 128 cm³/mol. The Balaban J connectivity index is 1.47. The summed E-state index contributed by atoms with van der Waals surface area (Å²) in [5, 5.41) is 2.10. The minimum Gasteiger partial charge on any atom is -0.491 e. The molecule has 2 aromatic rings. The molecule has 5 nitrogen and oxygen atoms in total. The van der Waals surface area contributed by atoms with Crippen LogP contribution >= 0.6 is 11.3 Å². The van der Waals surface area contributed by atoms with Crippen molar-refractivity contribution in [2.45, 2.75) is 58.4 Å². The molecule has 2 aliphatic rings. The van der Waals surface area contributed by atoms with Crippen molar-refractivity contribution in [1.82, 2.24) is 9.80 Å². The molecule has 2 heterocycles. The molecule has 6 heteroatoms. The number of nitrogens with zero attached hydrogens (tertiary/aromatic N) is 2. The van der Waals surface area contributed by atoms with Gasteiger partial charge in [-0.2, -0.15) is 0 Å². The van der Waals surface area contributed by atoms with Crippen LogP contribution in [-0.2, 0) is 16.0 Å². The highest BCUT2D eigenvalue weighted by atomic mass is 32.1. The molecule has 1 atom stereocenters. The van der Waals surface area contributed by atoms with Gasteiger partial charge < -0.3 is 14.5 Å². The van der Waals surface area contributed by atoms with Gasteiger partial charge in [-0.25, -0.2) is 0 Å². The number of hydrogen-bond donors (Lipinski definition) is 0. The van der Waals surface area contributed by atoms with Crippen LogP contribution in [0.2, 0.25) is 0 Å². The second-order valence-corrected chi connectivity index (χ2v) is 10.2. The predicted octanol–water partition coefficient (Wildman–Crippen LogP) is 5.02. The van der Waals surface area contributed by atoms with Gasteiger partial charge in [-0.15, -0.1) is 11.3 Å². The van der Waals surface area contributed by atoms with E-state index in [1.807, 2.05) is 17.0 Å². The van der Waals surface area contributed by atoms with Crippen molar-refractivity contribution in [2.75, 3.05) is 26.2 Å². The van der Waals surface area contributed by atoms with Crippen molar-refractivity contribution in [2.24, 2.45) is 5.92 Å². The van der Waals surface area contributed by atoms with Gasteiger partial charge in [0, 0.05) is 23.9 Å². The number of carbonyl (C=O) groups is 2. The number of amides is 2. The summed E-state index contributed by atoms with van der Waals surface area (Å²) < 4.78 is 6.17. The molecular weight excluding hydrogens is 420 g/mol. The van der Waals surface area contributed by atoms with E-state index in [1.54, 1.807) is 16.2 Å². The molecule has 0 radical (unpaired) electrons. The lowest BCUT2D eigenvalue weighted by atomic mass is 10.00. The van der Waals surface area contributed by atoms with Crippen LogP contribution in [0, 0.1) is 5.92 Å². The van der Waals surface area contributed by atoms with Crippen LogP contribution in [0.15, 0.2) is 35.7 Å². The standard InChI is InChI=1S/C26H34N2O3S/c1-4-13-27(26(30)20-5-6-20)16-25(29)28-14-11-24-22(12-15-32-24)23(28)17-31-21-9-7-19(8-10-21)18(2)3/h7-10,12,15,18,20,23H,4-6,11,13-14,16-17H2,1-3H3/t23-/m1/s1. The van der Waals surface area contributed by atoms with Crippen molar-refractivity contribution < 1.29 is 14.3 Å². The Labute approximate surface area is 195 Å². The van der Waals surface area contributed by atoms with Gasteiger partial charge in [-0.1, -0.05) is 32.9 Å². The molecule has 172 valence electrons. The quantitative estimate of drug-likeness (QED) is 0.534. The minimum atomic E-state index is -0.123. The van der Waals surface area contributed by atoms with Gasteiger partial charge in [0.15, 0.2) is 0 Å². The Bertz CT molecular complexity index is 933. The van der Waals surface area contributed by atoms with Crippen molar-refractivity contribution in [3.63, 3.8) is 0 Å². The van der Waals surface area contributed by atoms with Gasteiger partial charge in [0.05, 0.1) is 12.6 Å². The summed E-state index contributed by atoms with van der Waals surface area (Å²) >= 11 is 1.75. The molecule has 0 N–H and O–H groups in total. The number of thiophene rings is 1. The largest absolute Gasteiger partial charge is 0.491 e. The van der Waals surface area contributed by atoms with E-state index in [0.29, 0.717) is 25.6 Å².